The van der Waals surface area contributed by atoms with Crippen molar-refractivity contribution in [1.82, 2.24) is 0 Å². The zero-order valence-electron chi connectivity index (χ0n) is 11.9. The standard InChI is InChI=1S/C14H26GeO2/c1-7-8-11-12(15(4,5)6)14(11)16-9-13(2,3)10-17-14/h7,11-12H,1,8-10H2,2-6H3. The minimum absolute atomic E-state index is 0.169. The van der Waals surface area contributed by atoms with E-state index in [4.69, 9.17) is 9.47 Å². The molecule has 98 valence electrons. The third kappa shape index (κ3) is 2.36. The van der Waals surface area contributed by atoms with Crippen LogP contribution in [-0.4, -0.2) is 32.3 Å². The second-order valence-electron chi connectivity index (χ2n) is 7.44. The first-order chi connectivity index (χ1) is 7.73. The van der Waals surface area contributed by atoms with Crippen LogP contribution in [0.2, 0.25) is 22.0 Å². The molecule has 1 aliphatic carbocycles. The van der Waals surface area contributed by atoms with E-state index in [9.17, 15) is 0 Å². The van der Waals surface area contributed by atoms with Gasteiger partial charge in [-0.15, -0.1) is 0 Å². The number of hydrogen-bond donors (Lipinski definition) is 0. The Kier molecular flexibility index (Phi) is 3.29. The zero-order chi connectivity index (χ0) is 12.9. The molecule has 0 aromatic carbocycles. The second-order valence-corrected chi connectivity index (χ2v) is 18.7. The van der Waals surface area contributed by atoms with Crippen LogP contribution < -0.4 is 0 Å². The van der Waals surface area contributed by atoms with E-state index in [1.165, 1.54) is 0 Å². The van der Waals surface area contributed by atoms with E-state index in [1.807, 2.05) is 6.08 Å². The topological polar surface area (TPSA) is 18.5 Å². The van der Waals surface area contributed by atoms with Crippen molar-refractivity contribution >= 4 is 13.3 Å². The first-order valence-electron chi connectivity index (χ1n) is 6.62. The molecule has 0 N–H and O–H groups in total. The first-order valence-corrected chi connectivity index (χ1v) is 14.1. The molecule has 2 aliphatic rings. The molecule has 1 aliphatic heterocycles. The molecule has 2 rings (SSSR count). The maximum absolute atomic E-state index is 6.17. The summed E-state index contributed by atoms with van der Waals surface area (Å²) in [5.41, 5.74) is 0.169. The van der Waals surface area contributed by atoms with Crippen molar-refractivity contribution in [3.05, 3.63) is 12.7 Å². The van der Waals surface area contributed by atoms with Crippen LogP contribution in [-0.2, 0) is 9.47 Å². The Morgan fingerprint density at radius 1 is 1.24 bits per heavy atom. The fourth-order valence-corrected chi connectivity index (χ4v) is 9.62. The van der Waals surface area contributed by atoms with Gasteiger partial charge in [0, 0.05) is 0 Å². The maximum atomic E-state index is 6.17. The van der Waals surface area contributed by atoms with Crippen molar-refractivity contribution in [1.29, 1.82) is 0 Å². The van der Waals surface area contributed by atoms with Gasteiger partial charge in [0.1, 0.15) is 0 Å². The Bertz CT molecular complexity index is 307. The van der Waals surface area contributed by atoms with Crippen LogP contribution in [0.4, 0.5) is 0 Å². The van der Waals surface area contributed by atoms with Gasteiger partial charge >= 0.3 is 108 Å². The molecule has 0 aromatic rings. The molecular weight excluding hydrogens is 273 g/mol. The average Bonchev–Trinajstić information content (AvgIpc) is 2.80. The number of allylic oxidation sites excluding steroid dienone is 1. The van der Waals surface area contributed by atoms with Crippen LogP contribution in [0, 0.1) is 11.3 Å². The number of ether oxygens (including phenoxy) is 2. The Morgan fingerprint density at radius 2 is 1.76 bits per heavy atom. The zero-order valence-corrected chi connectivity index (χ0v) is 14.0. The Hall–Kier alpha value is 0.203. The molecule has 0 bridgehead atoms. The van der Waals surface area contributed by atoms with Gasteiger partial charge in [-0.3, -0.25) is 0 Å². The third-order valence-corrected chi connectivity index (χ3v) is 9.58. The van der Waals surface area contributed by atoms with E-state index in [1.54, 1.807) is 0 Å². The fourth-order valence-electron chi connectivity index (χ4n) is 3.19. The third-order valence-electron chi connectivity index (χ3n) is 3.97. The molecular formula is C14H26GeO2. The Morgan fingerprint density at radius 3 is 2.18 bits per heavy atom. The van der Waals surface area contributed by atoms with E-state index >= 15 is 0 Å². The van der Waals surface area contributed by atoms with Gasteiger partial charge in [-0.05, 0) is 0 Å². The summed E-state index contributed by atoms with van der Waals surface area (Å²) in [6.45, 7) is 9.94. The van der Waals surface area contributed by atoms with Crippen LogP contribution in [0.3, 0.4) is 0 Å². The second kappa shape index (κ2) is 4.11. The van der Waals surface area contributed by atoms with E-state index < -0.39 is 13.3 Å². The summed E-state index contributed by atoms with van der Waals surface area (Å²) in [4.78, 5) is 0. The molecule has 1 saturated heterocycles. The predicted octanol–water partition coefficient (Wildman–Crippen LogP) is 3.67. The summed E-state index contributed by atoms with van der Waals surface area (Å²) in [5.74, 6) is 7.71. The SMILES string of the molecule is C=CCC1[CH]([Ge]([CH3])([CH3])[CH3])C12OCC(C)(C)CO2. The van der Waals surface area contributed by atoms with E-state index in [2.05, 4.69) is 37.7 Å². The summed E-state index contributed by atoms with van der Waals surface area (Å²) in [5, 5.41) is 0. The molecule has 0 aromatic heterocycles. The minimum atomic E-state index is -1.74. The quantitative estimate of drug-likeness (QED) is 0.585. The molecule has 2 unspecified atom stereocenters. The van der Waals surface area contributed by atoms with Crippen molar-refractivity contribution in [3.63, 3.8) is 0 Å². The van der Waals surface area contributed by atoms with E-state index in [0.29, 0.717) is 10.7 Å². The van der Waals surface area contributed by atoms with E-state index in [-0.39, 0.29) is 11.2 Å². The molecule has 1 spiro atoms. The predicted molar refractivity (Wildman–Crippen MR) is 73.8 cm³/mol. The Balaban J connectivity index is 2.12. The van der Waals surface area contributed by atoms with Crippen LogP contribution in [0.5, 0.6) is 0 Å². The average molecular weight is 299 g/mol. The van der Waals surface area contributed by atoms with Crippen molar-refractivity contribution in [3.8, 4) is 0 Å². The van der Waals surface area contributed by atoms with Gasteiger partial charge in [0.2, 0.25) is 0 Å². The summed E-state index contributed by atoms with van der Waals surface area (Å²) in [6.07, 6.45) is 3.06. The molecule has 0 radical (unpaired) electrons. The van der Waals surface area contributed by atoms with Gasteiger partial charge in [0.05, 0.1) is 0 Å². The first kappa shape index (κ1) is 13.6. The molecule has 17 heavy (non-hydrogen) atoms. The van der Waals surface area contributed by atoms with Crippen molar-refractivity contribution < 1.29 is 9.47 Å². The number of rotatable bonds is 3. The van der Waals surface area contributed by atoms with Gasteiger partial charge in [0.25, 0.3) is 0 Å². The summed E-state index contributed by atoms with van der Waals surface area (Å²) >= 11 is -1.74. The van der Waals surface area contributed by atoms with Gasteiger partial charge in [-0.1, -0.05) is 0 Å². The van der Waals surface area contributed by atoms with Gasteiger partial charge in [-0.25, -0.2) is 0 Å². The van der Waals surface area contributed by atoms with Gasteiger partial charge in [-0.2, -0.15) is 0 Å². The molecule has 0 amide bonds. The van der Waals surface area contributed by atoms with Crippen molar-refractivity contribution in [2.75, 3.05) is 13.2 Å². The molecule has 2 fully saturated rings. The van der Waals surface area contributed by atoms with Crippen LogP contribution in [0.1, 0.15) is 20.3 Å². The normalized spacial score (nSPS) is 34.6. The van der Waals surface area contributed by atoms with Gasteiger partial charge < -0.3 is 0 Å². The number of hydrogen-bond acceptors (Lipinski definition) is 2. The fraction of sp³-hybridized carbons (Fsp3) is 0.857. The van der Waals surface area contributed by atoms with Crippen molar-refractivity contribution in [2.24, 2.45) is 11.3 Å². The van der Waals surface area contributed by atoms with Gasteiger partial charge in [0.15, 0.2) is 0 Å². The van der Waals surface area contributed by atoms with Crippen LogP contribution in [0.15, 0.2) is 12.7 Å². The van der Waals surface area contributed by atoms with Crippen LogP contribution >= 0.6 is 0 Å². The molecule has 1 saturated carbocycles. The van der Waals surface area contributed by atoms with Crippen molar-refractivity contribution in [2.45, 2.75) is 48.1 Å². The Labute approximate surface area is 108 Å². The van der Waals surface area contributed by atoms with Crippen LogP contribution in [0.25, 0.3) is 0 Å². The summed E-state index contributed by atoms with van der Waals surface area (Å²) in [6, 6.07) is 0. The molecule has 2 nitrogen and oxygen atoms in total. The summed E-state index contributed by atoms with van der Waals surface area (Å²) in [7, 11) is 0. The molecule has 3 heteroatoms. The monoisotopic (exact) mass is 300 g/mol. The molecule has 1 heterocycles. The van der Waals surface area contributed by atoms with E-state index in [0.717, 1.165) is 19.6 Å². The molecule has 2 atom stereocenters. The summed E-state index contributed by atoms with van der Waals surface area (Å²) < 4.78 is 13.0.